The largest absolute Gasteiger partial charge is 1.00 e. The van der Waals surface area contributed by atoms with Crippen LogP contribution >= 0.6 is 36.2 Å². The molecule has 0 fully saturated rings. The summed E-state index contributed by atoms with van der Waals surface area (Å²) in [6.45, 7) is 45.2. The summed E-state index contributed by atoms with van der Waals surface area (Å²) in [7, 11) is 0. The van der Waals surface area contributed by atoms with E-state index >= 15 is 0 Å². The topological polar surface area (TPSA) is 110 Å². The van der Waals surface area contributed by atoms with Crippen molar-refractivity contribution in [3.05, 3.63) is 153 Å². The lowest BCUT2D eigenvalue weighted by molar-refractivity contribution is -0.0000172. The molecule has 1 aliphatic carbocycles. The molecule has 2 aliphatic rings. The number of halogens is 3. The average Bonchev–Trinajstić information content (AvgIpc) is 3.57. The number of hydrogen-bond donors (Lipinski definition) is 2. The average molecular weight is 1200 g/mol. The molecule has 0 saturated carbocycles. The fourth-order valence-corrected chi connectivity index (χ4v) is 11.0. The predicted molar refractivity (Wildman–Crippen MR) is 368 cm³/mol. The highest BCUT2D eigenvalue weighted by atomic mass is 35.5. The van der Waals surface area contributed by atoms with Crippen LogP contribution in [0.25, 0.3) is 20.8 Å². The lowest BCUT2D eigenvalue weighted by Gasteiger charge is -2.23. The SMILES string of the molecule is CCc1cc(=[N+](CC)CC)cc2sc3cc(N(CC)CC)cc(CC)c3nc1-2.CCc1cc(N(CC)CC)ccc1N.CCc1cc(N(CC)CC)ccc1N=O.CCc1cccc(N(CC)CC)c1.CCc1cccc(N)c1.Cl.Cl.[Cl-]. The van der Waals surface area contributed by atoms with Crippen LogP contribution in [-0.2, 0) is 38.5 Å². The second kappa shape index (κ2) is 41.4. The molecule has 454 valence electrons. The standard InChI is InChI=1S/C24H34N3S.C12H18N2O.C12H20N2.C12H19N.C8H11N.3ClH/c1-7-17-13-19(26(9-3)10-4)15-21-23(17)25-24-18(8-2)14-20(16-22(24)28-21)27(11-5)12-6;1-4-10-9-11(14(5-2)6-3)7-8-12(10)13-15;1-4-10-9-11(7-8-12(10)13)14(5-2)6-3;1-4-11-8-7-9-12(10-11)13(5-2)6-3;1-2-7-4-3-5-8(9)6-7;;;/h13-16H,7-12H2,1-6H3;7-9H,4-6H2,1-3H3;7-9H,4-6,13H2,1-3H3;7-10H,4-6H2,1-3H3;3-6H,2,9H2,1H3;3*1H/q+1;;;;;;;/p-1. The summed E-state index contributed by atoms with van der Waals surface area (Å²) in [5, 5.41) is 4.35. The van der Waals surface area contributed by atoms with Gasteiger partial charge in [-0.15, -0.1) is 41.1 Å². The quantitative estimate of drug-likeness (QED) is 0.0317. The molecular formula is C68H104Cl3N9OS. The molecule has 0 saturated heterocycles. The van der Waals surface area contributed by atoms with E-state index in [1.54, 1.807) is 6.07 Å². The Morgan fingerprint density at radius 3 is 1.37 bits per heavy atom. The van der Waals surface area contributed by atoms with Gasteiger partial charge in [0.2, 0.25) is 5.36 Å². The molecular weight excluding hydrogens is 1100 g/mol. The van der Waals surface area contributed by atoms with Gasteiger partial charge in [0.15, 0.2) is 0 Å². The van der Waals surface area contributed by atoms with Crippen LogP contribution in [0.4, 0.5) is 39.8 Å². The fourth-order valence-electron chi connectivity index (χ4n) is 9.81. The minimum atomic E-state index is 0. The third-order valence-corrected chi connectivity index (χ3v) is 15.9. The lowest BCUT2D eigenvalue weighted by Crippen LogP contribution is -3.00. The molecule has 10 nitrogen and oxygen atoms in total. The number of nitrogens with zero attached hydrogens (tertiary/aromatic N) is 7. The summed E-state index contributed by atoms with van der Waals surface area (Å²) >= 11 is 1.90. The molecule has 14 heteroatoms. The number of anilines is 6. The van der Waals surface area contributed by atoms with Gasteiger partial charge in [-0.05, 0) is 219 Å². The first-order chi connectivity index (χ1) is 38.2. The van der Waals surface area contributed by atoms with Crippen molar-refractivity contribution in [3.63, 3.8) is 0 Å². The number of aromatic nitrogens is 1. The molecule has 0 unspecified atom stereocenters. The van der Waals surface area contributed by atoms with Gasteiger partial charge in [0.25, 0.3) is 0 Å². The maximum atomic E-state index is 10.5. The van der Waals surface area contributed by atoms with Crippen molar-refractivity contribution in [2.75, 3.05) is 96.5 Å². The first kappa shape index (κ1) is 76.4. The zero-order valence-electron chi connectivity index (χ0n) is 53.0. The van der Waals surface area contributed by atoms with Gasteiger partial charge in [0.1, 0.15) is 18.8 Å². The molecule has 82 heavy (non-hydrogen) atoms. The molecule has 0 radical (unpaired) electrons. The van der Waals surface area contributed by atoms with Crippen molar-refractivity contribution < 1.29 is 12.4 Å². The smallest absolute Gasteiger partial charge is 0.201 e. The number of aryl methyl sites for hydroxylation is 6. The summed E-state index contributed by atoms with van der Waals surface area (Å²) in [5.74, 6) is 0. The molecule has 0 amide bonds. The maximum absolute atomic E-state index is 10.5. The normalized spacial score (nSPS) is 10.1. The Kier molecular flexibility index (Phi) is 38.6. The van der Waals surface area contributed by atoms with Crippen LogP contribution in [-0.4, -0.2) is 70.4 Å². The Labute approximate surface area is 519 Å². The van der Waals surface area contributed by atoms with Gasteiger partial charge >= 0.3 is 0 Å². The molecule has 0 aromatic heterocycles. The van der Waals surface area contributed by atoms with E-state index in [9.17, 15) is 4.91 Å². The number of nitroso groups, excluding NO2 is 1. The highest BCUT2D eigenvalue weighted by Gasteiger charge is 2.18. The van der Waals surface area contributed by atoms with Crippen LogP contribution in [0.2, 0.25) is 0 Å². The number of nitrogen functional groups attached to an aromatic ring is 2. The maximum Gasteiger partial charge on any atom is 0.201 e. The number of benzene rings is 6. The van der Waals surface area contributed by atoms with Crippen molar-refractivity contribution in [2.45, 2.75) is 149 Å². The van der Waals surface area contributed by atoms with Crippen LogP contribution in [0.3, 0.4) is 0 Å². The molecule has 4 N–H and O–H groups in total. The summed E-state index contributed by atoms with van der Waals surface area (Å²) in [4.78, 5) is 26.4. The van der Waals surface area contributed by atoms with Gasteiger partial charge in [-0.25, -0.2) is 9.56 Å². The zero-order valence-corrected chi connectivity index (χ0v) is 56.2. The van der Waals surface area contributed by atoms with Crippen molar-refractivity contribution in [3.8, 4) is 10.6 Å². The van der Waals surface area contributed by atoms with Crippen LogP contribution in [0, 0.1) is 4.91 Å². The molecule has 0 atom stereocenters. The Hall–Kier alpha value is -5.59. The summed E-state index contributed by atoms with van der Waals surface area (Å²) in [6, 6.07) is 38.3. The Balaban J connectivity index is 0.00000105. The van der Waals surface area contributed by atoms with Crippen molar-refractivity contribution in [1.82, 2.24) is 9.56 Å². The van der Waals surface area contributed by atoms with Gasteiger partial charge in [-0.1, -0.05) is 65.8 Å². The van der Waals surface area contributed by atoms with Crippen LogP contribution in [0.15, 0.2) is 114 Å². The van der Waals surface area contributed by atoms with Crippen molar-refractivity contribution in [1.29, 1.82) is 0 Å². The van der Waals surface area contributed by atoms with E-state index in [1.165, 1.54) is 76.7 Å². The number of rotatable bonds is 21. The highest BCUT2D eigenvalue weighted by molar-refractivity contribution is 7.21. The summed E-state index contributed by atoms with van der Waals surface area (Å²) in [6.07, 6.45) is 6.04. The Morgan fingerprint density at radius 2 is 0.915 bits per heavy atom. The second-order valence-electron chi connectivity index (χ2n) is 19.3. The summed E-state index contributed by atoms with van der Waals surface area (Å²) in [5.41, 5.74) is 28.9. The monoisotopic (exact) mass is 1200 g/mol. The van der Waals surface area contributed by atoms with E-state index in [2.05, 4.69) is 206 Å². The first-order valence-corrected chi connectivity index (χ1v) is 30.8. The number of hydrogen-bond acceptors (Lipinski definition) is 10. The van der Waals surface area contributed by atoms with E-state index < -0.39 is 0 Å². The number of nitrogens with two attached hydrogens (primary N) is 2. The third kappa shape index (κ3) is 22.2. The molecule has 0 spiro atoms. The van der Waals surface area contributed by atoms with Gasteiger partial charge in [0, 0.05) is 98.6 Å². The molecule has 5 aromatic carbocycles. The first-order valence-electron chi connectivity index (χ1n) is 30.0. The molecule has 1 heterocycles. The summed E-state index contributed by atoms with van der Waals surface area (Å²) < 4.78 is 3.73. The molecule has 0 bridgehead atoms. The Morgan fingerprint density at radius 1 is 0.463 bits per heavy atom. The molecule has 5 aromatic rings. The third-order valence-electron chi connectivity index (χ3n) is 14.9. The van der Waals surface area contributed by atoms with E-state index in [1.807, 2.05) is 48.6 Å². The second-order valence-corrected chi connectivity index (χ2v) is 20.4. The van der Waals surface area contributed by atoms with Crippen LogP contribution in [0.1, 0.15) is 144 Å². The van der Waals surface area contributed by atoms with Crippen molar-refractivity contribution in [2.24, 2.45) is 5.18 Å². The minimum Gasteiger partial charge on any atom is -1.00 e. The van der Waals surface area contributed by atoms with E-state index in [0.717, 1.165) is 121 Å². The zero-order chi connectivity index (χ0) is 58.4. The van der Waals surface area contributed by atoms with E-state index in [4.69, 9.17) is 16.5 Å². The van der Waals surface area contributed by atoms with Gasteiger partial charge in [-0.2, -0.15) is 0 Å². The van der Waals surface area contributed by atoms with Gasteiger partial charge in [-0.3, -0.25) is 0 Å². The van der Waals surface area contributed by atoms with E-state index in [0.29, 0.717) is 5.69 Å². The Bertz CT molecular complexity index is 2930. The van der Waals surface area contributed by atoms with E-state index in [-0.39, 0.29) is 37.2 Å². The highest BCUT2D eigenvalue weighted by Crippen LogP contribution is 2.36. The van der Waals surface area contributed by atoms with Gasteiger partial charge in [0.05, 0.1) is 20.8 Å². The van der Waals surface area contributed by atoms with Crippen molar-refractivity contribution >= 4 is 86.2 Å². The predicted octanol–water partition coefficient (Wildman–Crippen LogP) is 14.1. The minimum absolute atomic E-state index is 0. The van der Waals surface area contributed by atoms with Crippen LogP contribution in [0.5, 0.6) is 0 Å². The number of fused-ring (bicyclic) bond motifs is 2. The lowest BCUT2D eigenvalue weighted by atomic mass is 10.1. The fraction of sp³-hybridized carbons (Fsp3) is 0.471. The van der Waals surface area contributed by atoms with Gasteiger partial charge < -0.3 is 43.5 Å². The van der Waals surface area contributed by atoms with Crippen LogP contribution < -0.4 is 53.4 Å². The molecule has 1 aliphatic heterocycles. The molecule has 7 rings (SSSR count).